The zero-order chi connectivity index (χ0) is 59.9. The van der Waals surface area contributed by atoms with Crippen molar-refractivity contribution in [3.8, 4) is 0 Å². The molecule has 0 heterocycles. The van der Waals surface area contributed by atoms with Gasteiger partial charge in [0.05, 0.1) is 0 Å². The molecule has 0 rings (SSSR count). The highest BCUT2D eigenvalue weighted by Gasteiger charge is 2.20. The van der Waals surface area contributed by atoms with Crippen molar-refractivity contribution in [1.82, 2.24) is 0 Å². The number of rotatable bonds is 70. The lowest BCUT2D eigenvalue weighted by Gasteiger charge is -2.18. The smallest absolute Gasteiger partial charge is 0.306 e. The summed E-state index contributed by atoms with van der Waals surface area (Å²) < 4.78 is 17.0. The van der Waals surface area contributed by atoms with Gasteiger partial charge in [-0.05, 0) is 51.4 Å². The molecule has 0 saturated heterocycles. The van der Waals surface area contributed by atoms with Gasteiger partial charge in [-0.2, -0.15) is 0 Å². The van der Waals surface area contributed by atoms with E-state index in [4.69, 9.17) is 14.2 Å². The van der Waals surface area contributed by atoms with Crippen LogP contribution in [0.3, 0.4) is 0 Å². The highest BCUT2D eigenvalue weighted by molar-refractivity contribution is 5.71. The number of allylic oxidation sites excluding steroid dienone is 6. The molecule has 0 bridgehead atoms. The van der Waals surface area contributed by atoms with Crippen LogP contribution in [0.15, 0.2) is 36.5 Å². The standard InChI is InChI=1S/C77H144O6/c1-4-7-10-13-16-19-22-25-28-31-33-35-37-38-40-41-43-46-49-52-55-58-61-64-67-70-76(79)82-73-74(72-81-75(78)69-66-63-60-57-54-51-48-45-30-27-24-21-18-15-12-9-6-3)83-77(80)71-68-65-62-59-56-53-50-47-44-42-39-36-34-32-29-26-23-20-17-14-11-8-5-2/h9,12,18,21,27,30,74H,4-8,10-11,13-17,19-20,22-26,28-29,31-73H2,1-3H3/b12-9-,21-18-,30-27-. The fourth-order valence-electron chi connectivity index (χ4n) is 11.6. The second kappa shape index (κ2) is 72.1. The predicted octanol–water partition coefficient (Wildman–Crippen LogP) is 25.9. The molecule has 0 aliphatic rings. The van der Waals surface area contributed by atoms with Crippen molar-refractivity contribution in [3.63, 3.8) is 0 Å². The maximum absolute atomic E-state index is 13.0. The first-order valence-electron chi connectivity index (χ1n) is 37.5. The highest BCUT2D eigenvalue weighted by Crippen LogP contribution is 2.19. The van der Waals surface area contributed by atoms with Crippen molar-refractivity contribution >= 4 is 17.9 Å². The summed E-state index contributed by atoms with van der Waals surface area (Å²) in [5.74, 6) is -0.844. The predicted molar refractivity (Wildman–Crippen MR) is 362 cm³/mol. The SMILES string of the molecule is CC/C=C\C/C=C\C/C=C\CCCCCCCCCC(=O)OCC(COC(=O)CCCCCCCCCCCCCCCCCCCCCCCCCCC)OC(=O)CCCCCCCCCCCCCCCCCCCCCCCCC. The molecule has 1 unspecified atom stereocenters. The van der Waals surface area contributed by atoms with Crippen molar-refractivity contribution in [2.45, 2.75) is 425 Å². The number of carbonyl (C=O) groups excluding carboxylic acids is 3. The molecule has 488 valence electrons. The first-order valence-corrected chi connectivity index (χ1v) is 37.5. The summed E-state index contributed by atoms with van der Waals surface area (Å²) in [6.45, 7) is 6.62. The van der Waals surface area contributed by atoms with Crippen molar-refractivity contribution < 1.29 is 28.6 Å². The van der Waals surface area contributed by atoms with Crippen LogP contribution in [-0.2, 0) is 28.6 Å². The molecule has 0 saturated carbocycles. The fraction of sp³-hybridized carbons (Fsp3) is 0.883. The van der Waals surface area contributed by atoms with Gasteiger partial charge in [0.15, 0.2) is 6.10 Å². The zero-order valence-corrected chi connectivity index (χ0v) is 56.2. The number of hydrogen-bond donors (Lipinski definition) is 0. The molecule has 0 fully saturated rings. The first-order chi connectivity index (χ1) is 41.0. The Morgan fingerprint density at radius 1 is 0.253 bits per heavy atom. The molecule has 6 nitrogen and oxygen atoms in total. The summed E-state index contributed by atoms with van der Waals surface area (Å²) in [6.07, 6.45) is 90.5. The number of ether oxygens (including phenoxy) is 3. The quantitative estimate of drug-likeness (QED) is 0.0261. The molecule has 0 aromatic carbocycles. The van der Waals surface area contributed by atoms with E-state index < -0.39 is 6.10 Å². The second-order valence-corrected chi connectivity index (χ2v) is 25.5. The van der Waals surface area contributed by atoms with E-state index >= 15 is 0 Å². The minimum atomic E-state index is -0.775. The Balaban J connectivity index is 4.26. The van der Waals surface area contributed by atoms with Crippen LogP contribution in [-0.4, -0.2) is 37.2 Å². The molecule has 0 N–H and O–H groups in total. The van der Waals surface area contributed by atoms with Gasteiger partial charge in [-0.1, -0.05) is 385 Å². The molecule has 1 atom stereocenters. The lowest BCUT2D eigenvalue weighted by molar-refractivity contribution is -0.167. The van der Waals surface area contributed by atoms with Crippen molar-refractivity contribution in [2.75, 3.05) is 13.2 Å². The van der Waals surface area contributed by atoms with E-state index in [-0.39, 0.29) is 31.1 Å². The van der Waals surface area contributed by atoms with Gasteiger partial charge >= 0.3 is 17.9 Å². The molecule has 0 aromatic rings. The summed E-state index contributed by atoms with van der Waals surface area (Å²) in [4.78, 5) is 38.5. The molecule has 0 aliphatic carbocycles. The summed E-state index contributed by atoms with van der Waals surface area (Å²) in [5.41, 5.74) is 0. The van der Waals surface area contributed by atoms with Gasteiger partial charge in [0.2, 0.25) is 0 Å². The van der Waals surface area contributed by atoms with Crippen LogP contribution in [0.2, 0.25) is 0 Å². The Morgan fingerprint density at radius 2 is 0.470 bits per heavy atom. The Bertz CT molecular complexity index is 1380. The third-order valence-electron chi connectivity index (χ3n) is 17.2. The van der Waals surface area contributed by atoms with Crippen molar-refractivity contribution in [2.24, 2.45) is 0 Å². The number of hydrogen-bond acceptors (Lipinski definition) is 6. The van der Waals surface area contributed by atoms with Crippen LogP contribution in [0.5, 0.6) is 0 Å². The fourth-order valence-corrected chi connectivity index (χ4v) is 11.6. The van der Waals surface area contributed by atoms with E-state index in [0.29, 0.717) is 19.3 Å². The summed E-state index contributed by atoms with van der Waals surface area (Å²) in [7, 11) is 0. The van der Waals surface area contributed by atoms with E-state index in [1.807, 2.05) is 0 Å². The Kier molecular flexibility index (Phi) is 70.0. The Labute approximate surface area is 518 Å². The van der Waals surface area contributed by atoms with Crippen LogP contribution in [0.4, 0.5) is 0 Å². The second-order valence-electron chi connectivity index (χ2n) is 25.5. The van der Waals surface area contributed by atoms with E-state index in [2.05, 4.69) is 57.2 Å². The van der Waals surface area contributed by atoms with Crippen molar-refractivity contribution in [3.05, 3.63) is 36.5 Å². The third kappa shape index (κ3) is 70.3. The van der Waals surface area contributed by atoms with Crippen LogP contribution in [0.25, 0.3) is 0 Å². The number of unbranched alkanes of at least 4 members (excludes halogenated alkanes) is 53. The zero-order valence-electron chi connectivity index (χ0n) is 56.2. The maximum atomic E-state index is 13.0. The minimum absolute atomic E-state index is 0.0690. The van der Waals surface area contributed by atoms with E-state index in [0.717, 1.165) is 83.5 Å². The highest BCUT2D eigenvalue weighted by atomic mass is 16.6. The van der Waals surface area contributed by atoms with Crippen molar-refractivity contribution in [1.29, 1.82) is 0 Å². The first kappa shape index (κ1) is 80.6. The van der Waals surface area contributed by atoms with E-state index in [1.54, 1.807) is 0 Å². The molecule has 0 radical (unpaired) electrons. The molecule has 0 aromatic heterocycles. The Hall–Kier alpha value is -2.37. The van der Waals surface area contributed by atoms with Gasteiger partial charge in [-0.3, -0.25) is 14.4 Å². The largest absolute Gasteiger partial charge is 0.462 e. The summed E-state index contributed by atoms with van der Waals surface area (Å²) in [6, 6.07) is 0. The lowest BCUT2D eigenvalue weighted by Crippen LogP contribution is -2.30. The average molecular weight is 1170 g/mol. The molecule has 83 heavy (non-hydrogen) atoms. The summed E-state index contributed by atoms with van der Waals surface area (Å²) in [5, 5.41) is 0. The molecule has 0 amide bonds. The van der Waals surface area contributed by atoms with Crippen LogP contribution >= 0.6 is 0 Å². The van der Waals surface area contributed by atoms with Gasteiger partial charge in [0.25, 0.3) is 0 Å². The van der Waals surface area contributed by atoms with Gasteiger partial charge in [0.1, 0.15) is 13.2 Å². The third-order valence-corrected chi connectivity index (χ3v) is 17.2. The summed E-state index contributed by atoms with van der Waals surface area (Å²) >= 11 is 0. The normalized spacial score (nSPS) is 12.2. The maximum Gasteiger partial charge on any atom is 0.306 e. The van der Waals surface area contributed by atoms with Crippen LogP contribution < -0.4 is 0 Å². The topological polar surface area (TPSA) is 78.9 Å². The molecule has 0 aliphatic heterocycles. The van der Waals surface area contributed by atoms with Gasteiger partial charge in [0, 0.05) is 19.3 Å². The monoisotopic (exact) mass is 1170 g/mol. The van der Waals surface area contributed by atoms with E-state index in [1.165, 1.54) is 295 Å². The minimum Gasteiger partial charge on any atom is -0.462 e. The van der Waals surface area contributed by atoms with E-state index in [9.17, 15) is 14.4 Å². The van der Waals surface area contributed by atoms with Gasteiger partial charge in [-0.25, -0.2) is 0 Å². The van der Waals surface area contributed by atoms with Gasteiger partial charge < -0.3 is 14.2 Å². The van der Waals surface area contributed by atoms with Gasteiger partial charge in [-0.15, -0.1) is 0 Å². The molecule has 0 spiro atoms. The number of carbonyl (C=O) groups is 3. The van der Waals surface area contributed by atoms with Crippen LogP contribution in [0, 0.1) is 0 Å². The average Bonchev–Trinajstić information content (AvgIpc) is 3.49. The number of esters is 3. The molecular weight excluding hydrogens is 1020 g/mol. The molecule has 6 heteroatoms. The molecular formula is C77H144O6. The van der Waals surface area contributed by atoms with Crippen LogP contribution in [0.1, 0.15) is 419 Å². The lowest BCUT2D eigenvalue weighted by atomic mass is 10.0. The Morgan fingerprint density at radius 3 is 0.735 bits per heavy atom.